The van der Waals surface area contributed by atoms with Gasteiger partial charge in [0.15, 0.2) is 0 Å². The Morgan fingerprint density at radius 3 is 2.67 bits per heavy atom. The lowest BCUT2D eigenvalue weighted by Gasteiger charge is -2.16. The largest absolute Gasteiger partial charge is 0.508 e. The number of unbranched alkanes of at least 4 members (excludes halogenated alkanes) is 1. The molecule has 0 aromatic heterocycles. The molecule has 1 atom stereocenters. The minimum Gasteiger partial charge on any atom is -0.508 e. The van der Waals surface area contributed by atoms with Crippen LogP contribution in [0.4, 0.5) is 0 Å². The molecule has 0 fully saturated rings. The van der Waals surface area contributed by atoms with E-state index in [1.807, 2.05) is 13.0 Å². The van der Waals surface area contributed by atoms with Gasteiger partial charge in [0.1, 0.15) is 11.5 Å². The van der Waals surface area contributed by atoms with E-state index in [4.69, 9.17) is 14.2 Å². The summed E-state index contributed by atoms with van der Waals surface area (Å²) in [6, 6.07) is 5.36. The van der Waals surface area contributed by atoms with Gasteiger partial charge in [-0.15, -0.1) is 0 Å². The molecule has 0 aliphatic rings. The minimum atomic E-state index is 0.0782. The smallest absolute Gasteiger partial charge is 0.120 e. The van der Waals surface area contributed by atoms with E-state index in [-0.39, 0.29) is 6.04 Å². The lowest BCUT2D eigenvalue weighted by molar-refractivity contribution is 0.0687. The second-order valence-electron chi connectivity index (χ2n) is 4.91. The zero-order chi connectivity index (χ0) is 15.5. The van der Waals surface area contributed by atoms with Crippen LogP contribution in [-0.4, -0.2) is 45.7 Å². The molecule has 1 aromatic carbocycles. The molecule has 120 valence electrons. The van der Waals surface area contributed by atoms with Gasteiger partial charge in [0, 0.05) is 25.3 Å². The molecule has 21 heavy (non-hydrogen) atoms. The summed E-state index contributed by atoms with van der Waals surface area (Å²) in [7, 11) is 3.29. The monoisotopic (exact) mass is 297 g/mol. The van der Waals surface area contributed by atoms with Gasteiger partial charge in [-0.3, -0.25) is 0 Å². The van der Waals surface area contributed by atoms with Gasteiger partial charge in [-0.2, -0.15) is 0 Å². The number of methoxy groups -OCH3 is 2. The Hall–Kier alpha value is -1.30. The van der Waals surface area contributed by atoms with Crippen LogP contribution in [0.15, 0.2) is 18.2 Å². The van der Waals surface area contributed by atoms with E-state index < -0.39 is 0 Å². The Labute approximate surface area is 127 Å². The van der Waals surface area contributed by atoms with E-state index in [9.17, 15) is 5.11 Å². The first-order valence-electron chi connectivity index (χ1n) is 7.36. The van der Waals surface area contributed by atoms with Crippen LogP contribution in [0.2, 0.25) is 0 Å². The van der Waals surface area contributed by atoms with Gasteiger partial charge in [0.2, 0.25) is 0 Å². The lowest BCUT2D eigenvalue weighted by atomic mass is 10.1. The molecule has 1 aromatic rings. The summed E-state index contributed by atoms with van der Waals surface area (Å²) in [6.07, 6.45) is 2.04. The Morgan fingerprint density at radius 2 is 1.95 bits per heavy atom. The van der Waals surface area contributed by atoms with Crippen LogP contribution < -0.4 is 10.1 Å². The highest BCUT2D eigenvalue weighted by Crippen LogP contribution is 2.28. The van der Waals surface area contributed by atoms with E-state index in [1.54, 1.807) is 26.4 Å². The van der Waals surface area contributed by atoms with Crippen molar-refractivity contribution in [3.8, 4) is 11.5 Å². The summed E-state index contributed by atoms with van der Waals surface area (Å²) < 4.78 is 15.5. The van der Waals surface area contributed by atoms with Crippen molar-refractivity contribution in [2.45, 2.75) is 25.8 Å². The molecule has 0 saturated heterocycles. The predicted octanol–water partition coefficient (Wildman–Crippen LogP) is 2.49. The normalized spacial score (nSPS) is 12.3. The molecule has 0 aliphatic heterocycles. The molecule has 0 spiro atoms. The summed E-state index contributed by atoms with van der Waals surface area (Å²) in [6.45, 7) is 4.96. The second-order valence-corrected chi connectivity index (χ2v) is 4.91. The van der Waals surface area contributed by atoms with Gasteiger partial charge in [0.25, 0.3) is 0 Å². The molecule has 1 unspecified atom stereocenters. The zero-order valence-corrected chi connectivity index (χ0v) is 13.2. The van der Waals surface area contributed by atoms with Gasteiger partial charge in [-0.05, 0) is 44.5 Å². The van der Waals surface area contributed by atoms with Gasteiger partial charge in [-0.25, -0.2) is 0 Å². The van der Waals surface area contributed by atoms with Crippen LogP contribution in [0.5, 0.6) is 11.5 Å². The average molecular weight is 297 g/mol. The first kappa shape index (κ1) is 17.8. The summed E-state index contributed by atoms with van der Waals surface area (Å²) in [5.74, 6) is 1.04. The first-order chi connectivity index (χ1) is 10.2. The fourth-order valence-corrected chi connectivity index (χ4v) is 2.01. The van der Waals surface area contributed by atoms with E-state index >= 15 is 0 Å². The van der Waals surface area contributed by atoms with E-state index in [0.717, 1.165) is 37.3 Å². The Bertz CT molecular complexity index is 398. The van der Waals surface area contributed by atoms with E-state index in [2.05, 4.69) is 5.32 Å². The number of rotatable bonds is 11. The van der Waals surface area contributed by atoms with Gasteiger partial charge >= 0.3 is 0 Å². The van der Waals surface area contributed by atoms with Crippen molar-refractivity contribution in [3.05, 3.63) is 23.8 Å². The highest BCUT2D eigenvalue weighted by molar-refractivity contribution is 5.41. The van der Waals surface area contributed by atoms with E-state index in [1.165, 1.54) is 0 Å². The third kappa shape index (κ3) is 6.80. The quantitative estimate of drug-likeness (QED) is 0.615. The molecule has 2 N–H and O–H groups in total. The first-order valence-corrected chi connectivity index (χ1v) is 7.36. The van der Waals surface area contributed by atoms with Crippen molar-refractivity contribution < 1.29 is 19.3 Å². The Kier molecular flexibility index (Phi) is 8.82. The third-order valence-electron chi connectivity index (χ3n) is 3.30. The molecule has 0 bridgehead atoms. The van der Waals surface area contributed by atoms with Crippen LogP contribution in [0.1, 0.15) is 31.4 Å². The number of hydrogen-bond donors (Lipinski definition) is 2. The number of benzene rings is 1. The lowest BCUT2D eigenvalue weighted by Crippen LogP contribution is -2.20. The summed E-state index contributed by atoms with van der Waals surface area (Å²) in [5, 5.41) is 13.3. The van der Waals surface area contributed by atoms with Crippen molar-refractivity contribution >= 4 is 0 Å². The summed E-state index contributed by atoms with van der Waals surface area (Å²) >= 11 is 0. The average Bonchev–Trinajstić information content (AvgIpc) is 2.50. The zero-order valence-electron chi connectivity index (χ0n) is 13.2. The molecule has 0 aliphatic carbocycles. The summed E-state index contributed by atoms with van der Waals surface area (Å²) in [5.41, 5.74) is 0.852. The van der Waals surface area contributed by atoms with Crippen molar-refractivity contribution in [3.63, 3.8) is 0 Å². The fourth-order valence-electron chi connectivity index (χ4n) is 2.01. The predicted molar refractivity (Wildman–Crippen MR) is 83.0 cm³/mol. The highest BCUT2D eigenvalue weighted by Gasteiger charge is 2.10. The van der Waals surface area contributed by atoms with Crippen LogP contribution in [0.3, 0.4) is 0 Å². The molecule has 5 nitrogen and oxygen atoms in total. The second kappa shape index (κ2) is 10.4. The molecule has 0 saturated carbocycles. The van der Waals surface area contributed by atoms with Crippen molar-refractivity contribution in [1.82, 2.24) is 5.32 Å². The molecule has 5 heteroatoms. The van der Waals surface area contributed by atoms with Crippen LogP contribution in [0.25, 0.3) is 0 Å². The standard InChI is InChI=1S/C16H27NO4/c1-13(15-12-14(20-3)6-7-16(15)18)17-8-4-5-9-21-11-10-19-2/h6-7,12-13,17-18H,4-5,8-11H2,1-3H3. The highest BCUT2D eigenvalue weighted by atomic mass is 16.5. The number of hydrogen-bond acceptors (Lipinski definition) is 5. The molecular formula is C16H27NO4. The third-order valence-corrected chi connectivity index (χ3v) is 3.30. The SMILES string of the molecule is COCCOCCCCNC(C)c1cc(OC)ccc1O. The number of aromatic hydroxyl groups is 1. The van der Waals surface area contributed by atoms with Gasteiger partial charge < -0.3 is 24.6 Å². The van der Waals surface area contributed by atoms with Crippen molar-refractivity contribution in [2.24, 2.45) is 0 Å². The van der Waals surface area contributed by atoms with E-state index in [0.29, 0.717) is 19.0 Å². The van der Waals surface area contributed by atoms with Crippen molar-refractivity contribution in [2.75, 3.05) is 40.6 Å². The number of nitrogens with one attached hydrogen (secondary N) is 1. The Balaban J connectivity index is 2.23. The number of phenolic OH excluding ortho intramolecular Hbond substituents is 1. The molecular weight excluding hydrogens is 270 g/mol. The summed E-state index contributed by atoms with van der Waals surface area (Å²) in [4.78, 5) is 0. The molecule has 0 heterocycles. The maximum Gasteiger partial charge on any atom is 0.120 e. The topological polar surface area (TPSA) is 60.0 Å². The van der Waals surface area contributed by atoms with Gasteiger partial charge in [-0.1, -0.05) is 0 Å². The van der Waals surface area contributed by atoms with Crippen LogP contribution in [-0.2, 0) is 9.47 Å². The van der Waals surface area contributed by atoms with Crippen LogP contribution in [0, 0.1) is 0 Å². The molecule has 0 amide bonds. The number of ether oxygens (including phenoxy) is 3. The fraction of sp³-hybridized carbons (Fsp3) is 0.625. The van der Waals surface area contributed by atoms with Gasteiger partial charge in [0.05, 0.1) is 20.3 Å². The molecule has 0 radical (unpaired) electrons. The molecule has 1 rings (SSSR count). The number of phenols is 1. The maximum absolute atomic E-state index is 9.90. The Morgan fingerprint density at radius 1 is 1.14 bits per heavy atom. The minimum absolute atomic E-state index is 0.0782. The van der Waals surface area contributed by atoms with Crippen molar-refractivity contribution in [1.29, 1.82) is 0 Å². The maximum atomic E-state index is 9.90. The van der Waals surface area contributed by atoms with Crippen LogP contribution >= 0.6 is 0 Å².